The van der Waals surface area contributed by atoms with Gasteiger partial charge in [0.1, 0.15) is 23.1 Å². The molecule has 228 valence electrons. The lowest BCUT2D eigenvalue weighted by Crippen LogP contribution is -2.58. The summed E-state index contributed by atoms with van der Waals surface area (Å²) in [6, 6.07) is 5.27. The van der Waals surface area contributed by atoms with E-state index in [4.69, 9.17) is 0 Å². The smallest absolute Gasteiger partial charge is 0.352 e. The molecule has 2 aromatic carbocycles. The number of carbonyl (C=O) groups is 1. The summed E-state index contributed by atoms with van der Waals surface area (Å²) in [5.74, 6) is -0.684. The molecule has 3 aromatic rings. The predicted octanol–water partition coefficient (Wildman–Crippen LogP) is 5.49. The van der Waals surface area contributed by atoms with Crippen LogP contribution in [0.25, 0.3) is 22.0 Å². The molecule has 44 heavy (non-hydrogen) atoms. The molecule has 3 aliphatic rings. The number of hydrogen-bond donors (Lipinski definition) is 0. The number of aromatic nitrogens is 2. The van der Waals surface area contributed by atoms with Gasteiger partial charge in [-0.2, -0.15) is 18.2 Å². The molecule has 0 N–H and O–H groups in total. The van der Waals surface area contributed by atoms with Crippen LogP contribution in [-0.4, -0.2) is 62.2 Å². The Morgan fingerprint density at radius 1 is 1.14 bits per heavy atom. The number of amides is 1. The van der Waals surface area contributed by atoms with Gasteiger partial charge in [0.05, 0.1) is 16.2 Å². The molecule has 3 aliphatic heterocycles. The largest absolute Gasteiger partial charge is 0.417 e. The summed E-state index contributed by atoms with van der Waals surface area (Å²) in [5.41, 5.74) is -1.13. The average Bonchev–Trinajstić information content (AvgIpc) is 3.41. The number of nitrogens with zero attached hydrogens (tertiary/aromatic N) is 7. The van der Waals surface area contributed by atoms with Crippen molar-refractivity contribution in [2.45, 2.75) is 43.5 Å². The molecule has 1 amide bonds. The van der Waals surface area contributed by atoms with Crippen molar-refractivity contribution in [3.05, 3.63) is 77.3 Å². The lowest BCUT2D eigenvalue weighted by atomic mass is 9.96. The molecule has 1 unspecified atom stereocenters. The molecule has 0 spiro atoms. The van der Waals surface area contributed by atoms with E-state index in [1.807, 2.05) is 13.8 Å². The molecule has 1 aromatic heterocycles. The van der Waals surface area contributed by atoms with E-state index in [1.165, 1.54) is 45.4 Å². The molecule has 0 bridgehead atoms. The number of piperazine rings is 1. The second-order valence-corrected chi connectivity index (χ2v) is 12.0. The molecule has 0 saturated carbocycles. The maximum absolute atomic E-state index is 14.9. The first-order chi connectivity index (χ1) is 21.0. The Balaban J connectivity index is 1.61. The normalized spacial score (nSPS) is 22.6. The maximum atomic E-state index is 14.9. The zero-order valence-corrected chi connectivity index (χ0v) is 24.6. The number of benzene rings is 2. The van der Waals surface area contributed by atoms with Gasteiger partial charge in [-0.1, -0.05) is 18.7 Å². The fourth-order valence-corrected chi connectivity index (χ4v) is 7.49. The molecule has 0 radical (unpaired) electrons. The second-order valence-electron chi connectivity index (χ2n) is 11.0. The zero-order valence-electron chi connectivity index (χ0n) is 23.8. The standard InChI is InChI=1S/C30H28F4N7O2S/c1-4-24(42)41-17(2)12-38(13-18(41)3)28-22-11-23(30(32,33)34)25(20-5-7-21(31)8-6-20)27-26(22)40(29(43)36-28)15-19(16-44-27)14-39-10-9-35-37-39/h4-11,14,17-19H,1,12-13,15-16H2,2-3H3/q+1/b39-14+/t17-,18+,19?. The summed E-state index contributed by atoms with van der Waals surface area (Å²) in [4.78, 5) is 34.4. The lowest BCUT2D eigenvalue weighted by molar-refractivity contribution is -0.461. The van der Waals surface area contributed by atoms with E-state index < -0.39 is 23.2 Å². The first-order valence-electron chi connectivity index (χ1n) is 13.9. The Morgan fingerprint density at radius 3 is 2.45 bits per heavy atom. The monoisotopic (exact) mass is 626 g/mol. The predicted molar refractivity (Wildman–Crippen MR) is 159 cm³/mol. The van der Waals surface area contributed by atoms with Crippen LogP contribution in [0.15, 0.2) is 75.4 Å². The Bertz CT molecular complexity index is 1790. The van der Waals surface area contributed by atoms with E-state index in [0.29, 0.717) is 11.3 Å². The molecule has 9 nitrogen and oxygen atoms in total. The van der Waals surface area contributed by atoms with Crippen molar-refractivity contribution in [3.63, 3.8) is 0 Å². The number of halogens is 4. The molecule has 6 rings (SSSR count). The summed E-state index contributed by atoms with van der Waals surface area (Å²) >= 11 is 1.20. The Morgan fingerprint density at radius 2 is 1.84 bits per heavy atom. The Hall–Kier alpha value is -4.33. The van der Waals surface area contributed by atoms with Gasteiger partial charge >= 0.3 is 11.9 Å². The molecule has 14 heteroatoms. The topological polar surface area (TPSA) is 86.2 Å². The molecular formula is C30H28F4N7O2S+. The van der Waals surface area contributed by atoms with Crippen molar-refractivity contribution < 1.29 is 27.0 Å². The van der Waals surface area contributed by atoms with Gasteiger partial charge < -0.3 is 9.80 Å². The van der Waals surface area contributed by atoms with Gasteiger partial charge in [-0.15, -0.1) is 16.4 Å². The van der Waals surface area contributed by atoms with E-state index >= 15 is 0 Å². The molecule has 3 atom stereocenters. The van der Waals surface area contributed by atoms with E-state index in [1.54, 1.807) is 22.2 Å². The van der Waals surface area contributed by atoms with Crippen LogP contribution in [0, 0.1) is 11.7 Å². The van der Waals surface area contributed by atoms with Crippen LogP contribution in [-0.2, 0) is 17.5 Å². The van der Waals surface area contributed by atoms with E-state index in [2.05, 4.69) is 21.9 Å². The zero-order chi connectivity index (χ0) is 31.3. The minimum absolute atomic E-state index is 0.121. The van der Waals surface area contributed by atoms with Crippen LogP contribution in [0.5, 0.6) is 0 Å². The fourth-order valence-electron chi connectivity index (χ4n) is 6.19. The van der Waals surface area contributed by atoms with E-state index in [0.717, 1.165) is 18.2 Å². The highest BCUT2D eigenvalue weighted by molar-refractivity contribution is 7.99. The van der Waals surface area contributed by atoms with Gasteiger partial charge in [0, 0.05) is 59.2 Å². The third-order valence-electron chi connectivity index (χ3n) is 7.95. The third-order valence-corrected chi connectivity index (χ3v) is 9.23. The SMILES string of the molecule is C=CC(=O)N1[C@H](C)CN(c2nc(=O)n3c4c(c(-c5ccc(F)cc5)c(C(F)(F)F)cc24)SCC(/C=[N+]2\C=CN=N2)C3)C[C@@H]1C. The second kappa shape index (κ2) is 11.3. The summed E-state index contributed by atoms with van der Waals surface area (Å²) in [6.45, 7) is 7.89. The van der Waals surface area contributed by atoms with Gasteiger partial charge in [-0.25, -0.2) is 9.18 Å². The Kier molecular flexibility index (Phi) is 7.64. The van der Waals surface area contributed by atoms with Crippen molar-refractivity contribution in [3.8, 4) is 11.1 Å². The maximum Gasteiger partial charge on any atom is 0.417 e. The highest BCUT2D eigenvalue weighted by Crippen LogP contribution is 2.48. The van der Waals surface area contributed by atoms with Gasteiger partial charge in [0.2, 0.25) is 12.1 Å². The fraction of sp³-hybridized carbons (Fsp3) is 0.333. The molecule has 0 aliphatic carbocycles. The minimum Gasteiger partial charge on any atom is -0.352 e. The van der Waals surface area contributed by atoms with Gasteiger partial charge in [-0.3, -0.25) is 9.36 Å². The Labute approximate surface area is 253 Å². The summed E-state index contributed by atoms with van der Waals surface area (Å²) < 4.78 is 61.5. The van der Waals surface area contributed by atoms with E-state index in [-0.39, 0.29) is 70.8 Å². The van der Waals surface area contributed by atoms with Gasteiger partial charge in [0.15, 0.2) is 6.20 Å². The summed E-state index contributed by atoms with van der Waals surface area (Å²) in [7, 11) is 0. The van der Waals surface area contributed by atoms with Crippen LogP contribution in [0.4, 0.5) is 23.4 Å². The molecule has 1 saturated heterocycles. The van der Waals surface area contributed by atoms with Crippen molar-refractivity contribution in [2.24, 2.45) is 16.3 Å². The number of carbonyl (C=O) groups excluding carboxylic acids is 1. The first kappa shape index (κ1) is 29.7. The molecule has 4 heterocycles. The van der Waals surface area contributed by atoms with Crippen LogP contribution >= 0.6 is 11.8 Å². The highest BCUT2D eigenvalue weighted by Gasteiger charge is 2.40. The number of alkyl halides is 3. The summed E-state index contributed by atoms with van der Waals surface area (Å²) in [6.07, 6.45) is 1.35. The number of hydrogen-bond acceptors (Lipinski definition) is 7. The average molecular weight is 627 g/mol. The summed E-state index contributed by atoms with van der Waals surface area (Å²) in [5, 5.41) is 7.95. The number of rotatable bonds is 4. The van der Waals surface area contributed by atoms with Crippen LogP contribution < -0.4 is 10.6 Å². The van der Waals surface area contributed by atoms with Crippen molar-refractivity contribution >= 4 is 40.6 Å². The minimum atomic E-state index is -4.78. The highest BCUT2D eigenvalue weighted by atomic mass is 32.2. The van der Waals surface area contributed by atoms with Crippen molar-refractivity contribution in [1.29, 1.82) is 0 Å². The molecule has 1 fully saturated rings. The van der Waals surface area contributed by atoms with Crippen LogP contribution in [0.3, 0.4) is 0 Å². The molecular weight excluding hydrogens is 598 g/mol. The van der Waals surface area contributed by atoms with Gasteiger partial charge in [0.25, 0.3) is 0 Å². The van der Waals surface area contributed by atoms with Gasteiger partial charge in [-0.05, 0) is 43.7 Å². The van der Waals surface area contributed by atoms with Crippen LogP contribution in [0.2, 0.25) is 0 Å². The first-order valence-corrected chi connectivity index (χ1v) is 14.9. The van der Waals surface area contributed by atoms with Crippen molar-refractivity contribution in [2.75, 3.05) is 23.7 Å². The van der Waals surface area contributed by atoms with E-state index in [9.17, 15) is 27.2 Å². The number of thioether (sulfide) groups is 1. The van der Waals surface area contributed by atoms with Crippen LogP contribution in [0.1, 0.15) is 19.4 Å². The number of anilines is 1. The third kappa shape index (κ3) is 5.31. The quantitative estimate of drug-likeness (QED) is 0.217. The lowest BCUT2D eigenvalue weighted by Gasteiger charge is -2.44. The van der Waals surface area contributed by atoms with Crippen molar-refractivity contribution in [1.82, 2.24) is 14.5 Å².